The standard InChI is InChI=1S/C24H40N5O4.C2HF3O2/c1-4-6-7-8-9-26(3)24(33)17-12-19-20(13-18(17)27-15-21(31)22(32)16-27)29(10-11-30)23(14-25)28(19)5-2;3-2(4,5)1(6)7/h12-13,21-22,30-32H,4-11,14-16,25H2,1-3H3;(H,6,7)/q+1;/p-1/t21-,22-;/m0./s1. The monoisotopic (exact) mass is 575 g/mol. The Balaban J connectivity index is 0.000000708. The molecule has 0 bridgehead atoms. The number of anilines is 1. The Hall–Kier alpha value is -2.94. The summed E-state index contributed by atoms with van der Waals surface area (Å²) in [5.74, 6) is -2.20. The minimum Gasteiger partial charge on any atom is -0.542 e. The molecule has 0 saturated carbocycles. The maximum absolute atomic E-state index is 13.6. The Morgan fingerprint density at radius 3 is 2.23 bits per heavy atom. The molecule has 1 aromatic carbocycles. The zero-order valence-corrected chi connectivity index (χ0v) is 23.2. The number of carboxylic acid groups (broad SMARTS) is 1. The van der Waals surface area contributed by atoms with E-state index in [2.05, 4.69) is 11.5 Å². The number of nitrogens with zero attached hydrogens (tertiary/aromatic N) is 4. The van der Waals surface area contributed by atoms with Crippen molar-refractivity contribution in [3.8, 4) is 0 Å². The molecule has 226 valence electrons. The van der Waals surface area contributed by atoms with Crippen molar-refractivity contribution in [1.82, 2.24) is 9.47 Å². The summed E-state index contributed by atoms with van der Waals surface area (Å²) in [5.41, 5.74) is 9.07. The summed E-state index contributed by atoms with van der Waals surface area (Å²) in [6, 6.07) is 3.85. The zero-order valence-electron chi connectivity index (χ0n) is 23.2. The van der Waals surface area contributed by atoms with Gasteiger partial charge in [0, 0.05) is 38.8 Å². The molecule has 14 heteroatoms. The summed E-state index contributed by atoms with van der Waals surface area (Å²) in [6.45, 7) is 6.73. The third-order valence-corrected chi connectivity index (χ3v) is 6.88. The number of amides is 1. The van der Waals surface area contributed by atoms with Gasteiger partial charge in [-0.1, -0.05) is 26.2 Å². The van der Waals surface area contributed by atoms with Crippen molar-refractivity contribution >= 4 is 28.6 Å². The molecule has 2 aromatic rings. The van der Waals surface area contributed by atoms with Crippen LogP contribution in [0.5, 0.6) is 0 Å². The summed E-state index contributed by atoms with van der Waals surface area (Å²) in [5, 5.41) is 38.8. The van der Waals surface area contributed by atoms with Gasteiger partial charge in [-0.05, 0) is 13.3 Å². The Kier molecular flexibility index (Phi) is 12.2. The minimum absolute atomic E-state index is 0.0296. The van der Waals surface area contributed by atoms with Crippen LogP contribution < -0.4 is 20.3 Å². The van der Waals surface area contributed by atoms with Crippen molar-refractivity contribution in [2.24, 2.45) is 5.73 Å². The number of nitrogens with two attached hydrogens (primary N) is 1. The predicted octanol–water partition coefficient (Wildman–Crippen LogP) is -0.108. The van der Waals surface area contributed by atoms with E-state index < -0.39 is 24.4 Å². The number of aliphatic hydroxyl groups excluding tert-OH is 3. The average Bonchev–Trinajstić information content (AvgIpc) is 3.40. The predicted molar refractivity (Wildman–Crippen MR) is 139 cm³/mol. The second-order valence-electron chi connectivity index (χ2n) is 9.71. The maximum Gasteiger partial charge on any atom is 0.430 e. The lowest BCUT2D eigenvalue weighted by molar-refractivity contribution is -0.681. The van der Waals surface area contributed by atoms with Gasteiger partial charge in [0.2, 0.25) is 0 Å². The fraction of sp³-hybridized carbons (Fsp3) is 0.654. The molecule has 1 aliphatic rings. The topological polar surface area (TPSA) is 159 Å². The molecule has 3 rings (SSSR count). The highest BCUT2D eigenvalue weighted by atomic mass is 19.4. The molecule has 0 aliphatic carbocycles. The summed E-state index contributed by atoms with van der Waals surface area (Å²) in [6.07, 6.45) is -2.58. The largest absolute Gasteiger partial charge is 0.542 e. The van der Waals surface area contributed by atoms with E-state index >= 15 is 0 Å². The minimum atomic E-state index is -5.19. The molecule has 1 aliphatic heterocycles. The molecule has 1 saturated heterocycles. The lowest BCUT2D eigenvalue weighted by Crippen LogP contribution is -2.41. The summed E-state index contributed by atoms with van der Waals surface area (Å²) in [4.78, 5) is 26.0. The number of unbranched alkanes of at least 4 members (excludes halogenated alkanes) is 3. The molecular weight excluding hydrogens is 535 g/mol. The van der Waals surface area contributed by atoms with Crippen molar-refractivity contribution in [3.63, 3.8) is 0 Å². The number of carbonyl (C=O) groups is 2. The number of carboxylic acids is 1. The molecule has 5 N–H and O–H groups in total. The molecule has 40 heavy (non-hydrogen) atoms. The van der Waals surface area contributed by atoms with Crippen LogP contribution in [-0.4, -0.2) is 88.3 Å². The van der Waals surface area contributed by atoms with E-state index in [4.69, 9.17) is 15.6 Å². The van der Waals surface area contributed by atoms with Crippen LogP contribution in [0.15, 0.2) is 12.1 Å². The van der Waals surface area contributed by atoms with Gasteiger partial charge in [0.05, 0.1) is 43.2 Å². The highest BCUT2D eigenvalue weighted by Crippen LogP contribution is 2.31. The van der Waals surface area contributed by atoms with Crippen molar-refractivity contribution in [2.45, 2.75) is 77.5 Å². The van der Waals surface area contributed by atoms with E-state index in [1.54, 1.807) is 4.90 Å². The van der Waals surface area contributed by atoms with Gasteiger partial charge in [-0.15, -0.1) is 0 Å². The number of hydrogen-bond acceptors (Lipinski definition) is 8. The van der Waals surface area contributed by atoms with E-state index in [9.17, 15) is 33.3 Å². The molecule has 2 atom stereocenters. The highest BCUT2D eigenvalue weighted by Gasteiger charge is 2.34. The summed E-state index contributed by atoms with van der Waals surface area (Å²) >= 11 is 0. The Morgan fingerprint density at radius 1 is 1.15 bits per heavy atom. The van der Waals surface area contributed by atoms with Crippen LogP contribution in [0.2, 0.25) is 0 Å². The third kappa shape index (κ3) is 7.83. The van der Waals surface area contributed by atoms with Crippen LogP contribution in [-0.2, 0) is 24.4 Å². The van der Waals surface area contributed by atoms with Gasteiger partial charge in [0.15, 0.2) is 11.0 Å². The number of benzene rings is 1. The van der Waals surface area contributed by atoms with Gasteiger partial charge in [-0.3, -0.25) is 4.79 Å². The number of imidazole rings is 1. The first-order valence-electron chi connectivity index (χ1n) is 13.4. The van der Waals surface area contributed by atoms with E-state index in [1.165, 1.54) is 0 Å². The van der Waals surface area contributed by atoms with Crippen LogP contribution in [0.1, 0.15) is 55.7 Å². The molecule has 0 unspecified atom stereocenters. The van der Waals surface area contributed by atoms with E-state index in [-0.39, 0.29) is 25.6 Å². The lowest BCUT2D eigenvalue weighted by atomic mass is 10.1. The second-order valence-corrected chi connectivity index (χ2v) is 9.71. The first kappa shape index (κ1) is 33.3. The number of β-amino-alcohol motifs (C(OH)–C–C–N with tert-alkyl or cyclic N) is 2. The van der Waals surface area contributed by atoms with Crippen molar-refractivity contribution in [3.05, 3.63) is 23.5 Å². The number of aliphatic hydroxyl groups is 3. The van der Waals surface area contributed by atoms with E-state index in [0.29, 0.717) is 37.4 Å². The Bertz CT molecular complexity index is 1150. The smallest absolute Gasteiger partial charge is 0.430 e. The van der Waals surface area contributed by atoms with Crippen molar-refractivity contribution in [1.29, 1.82) is 0 Å². The van der Waals surface area contributed by atoms with Crippen LogP contribution in [0.3, 0.4) is 0 Å². The molecule has 0 spiro atoms. The molecule has 1 fully saturated rings. The van der Waals surface area contributed by atoms with Gasteiger partial charge in [0.1, 0.15) is 12.5 Å². The zero-order chi connectivity index (χ0) is 30.2. The Morgan fingerprint density at radius 2 is 1.75 bits per heavy atom. The van der Waals surface area contributed by atoms with Crippen molar-refractivity contribution in [2.75, 3.05) is 38.2 Å². The number of aliphatic carboxylic acids is 1. The number of fused-ring (bicyclic) bond motifs is 1. The van der Waals surface area contributed by atoms with Crippen LogP contribution in [0.4, 0.5) is 18.9 Å². The van der Waals surface area contributed by atoms with Crippen LogP contribution in [0.25, 0.3) is 11.0 Å². The van der Waals surface area contributed by atoms with Gasteiger partial charge >= 0.3 is 6.18 Å². The first-order chi connectivity index (χ1) is 18.8. The number of rotatable bonds is 11. The number of aryl methyl sites for hydroxylation is 1. The fourth-order valence-corrected chi connectivity index (χ4v) is 4.83. The van der Waals surface area contributed by atoms with Gasteiger partial charge in [-0.25, -0.2) is 9.13 Å². The molecule has 1 aromatic heterocycles. The average molecular weight is 576 g/mol. The maximum atomic E-state index is 13.6. The quantitative estimate of drug-likeness (QED) is 0.213. The summed E-state index contributed by atoms with van der Waals surface area (Å²) in [7, 11) is 1.83. The van der Waals surface area contributed by atoms with Crippen LogP contribution >= 0.6 is 0 Å². The SMILES string of the molecule is CCCCCCN(C)C(=O)c1cc2c(cc1N1C[C@H](O)[C@@H](O)C1)[n+](CCO)c(CN)n2CC.O=C([O-])C(F)(F)F. The number of carbonyl (C=O) groups excluding carboxylic acids is 2. The van der Waals surface area contributed by atoms with Gasteiger partial charge in [-0.2, -0.15) is 13.2 Å². The van der Waals surface area contributed by atoms with Gasteiger partial charge in [0.25, 0.3) is 11.7 Å². The highest BCUT2D eigenvalue weighted by molar-refractivity contribution is 6.03. The second kappa shape index (κ2) is 14.6. The molecule has 11 nitrogen and oxygen atoms in total. The normalized spacial score (nSPS) is 17.2. The number of alkyl halides is 3. The van der Waals surface area contributed by atoms with Crippen LogP contribution in [0, 0.1) is 0 Å². The molecule has 1 amide bonds. The number of halogens is 3. The third-order valence-electron chi connectivity index (χ3n) is 6.88. The molecular formula is C26H40F3N5O6. The number of hydrogen-bond donors (Lipinski definition) is 4. The van der Waals surface area contributed by atoms with E-state index in [0.717, 1.165) is 42.5 Å². The number of aromatic nitrogens is 2. The Labute approximate surface area is 231 Å². The molecule has 0 radical (unpaired) electrons. The first-order valence-corrected chi connectivity index (χ1v) is 13.4. The summed E-state index contributed by atoms with van der Waals surface area (Å²) < 4.78 is 35.6. The fourth-order valence-electron chi connectivity index (χ4n) is 4.83. The van der Waals surface area contributed by atoms with Gasteiger partial charge < -0.3 is 40.8 Å². The lowest BCUT2D eigenvalue weighted by Gasteiger charge is -2.24. The van der Waals surface area contributed by atoms with E-state index in [1.807, 2.05) is 35.6 Å². The van der Waals surface area contributed by atoms with Crippen molar-refractivity contribution < 1.29 is 47.8 Å². The molecule has 2 heterocycles.